The Bertz CT molecular complexity index is 769. The number of carboxylic acid groups (broad SMARTS) is 1. The van der Waals surface area contributed by atoms with Crippen LogP contribution in [-0.4, -0.2) is 22.0 Å². The van der Waals surface area contributed by atoms with Crippen molar-refractivity contribution < 1.29 is 14.7 Å². The van der Waals surface area contributed by atoms with Crippen molar-refractivity contribution in [3.05, 3.63) is 51.0 Å². The quantitative estimate of drug-likeness (QED) is 0.883. The van der Waals surface area contributed by atoms with Gasteiger partial charge in [-0.1, -0.05) is 29.8 Å². The second-order valence-corrected chi connectivity index (χ2v) is 7.19. The Balaban J connectivity index is 1.57. The second-order valence-electron chi connectivity index (χ2n) is 5.90. The monoisotopic (exact) mass is 330 g/mol. The van der Waals surface area contributed by atoms with E-state index in [4.69, 9.17) is 5.11 Å². The third-order valence-corrected chi connectivity index (χ3v) is 5.03. The third-order valence-electron chi connectivity index (χ3n) is 4.05. The Hall–Kier alpha value is -2.21. The van der Waals surface area contributed by atoms with E-state index in [0.717, 1.165) is 6.42 Å². The standard InChI is InChI=1S/C17H18N2O3S/c1-9-4-3-5-11(6-9)12-7-13(12)16(20)18-8-14-19-15(17(21)22)10(2)23-14/h3-6,12-13H,7-8H2,1-2H3,(H,18,20)(H,21,22)/t12-,13+/m0/s1. The Morgan fingerprint density at radius 1 is 1.39 bits per heavy atom. The van der Waals surface area contributed by atoms with E-state index in [1.54, 1.807) is 6.92 Å². The lowest BCUT2D eigenvalue weighted by Gasteiger charge is -2.04. The molecule has 0 unspecified atom stereocenters. The smallest absolute Gasteiger partial charge is 0.355 e. The molecule has 1 aromatic carbocycles. The number of nitrogens with one attached hydrogen (secondary N) is 1. The number of hydrogen-bond donors (Lipinski definition) is 2. The van der Waals surface area contributed by atoms with Crippen LogP contribution in [0.5, 0.6) is 0 Å². The summed E-state index contributed by atoms with van der Waals surface area (Å²) in [5.74, 6) is -0.710. The van der Waals surface area contributed by atoms with Gasteiger partial charge in [0.15, 0.2) is 5.69 Å². The van der Waals surface area contributed by atoms with Crippen LogP contribution in [0.4, 0.5) is 0 Å². The van der Waals surface area contributed by atoms with Crippen LogP contribution in [0.3, 0.4) is 0 Å². The summed E-state index contributed by atoms with van der Waals surface area (Å²) in [5, 5.41) is 12.5. The fraction of sp³-hybridized carbons (Fsp3) is 0.353. The average Bonchev–Trinajstić information content (AvgIpc) is 3.21. The molecule has 1 aliphatic rings. The number of aryl methyl sites for hydroxylation is 2. The van der Waals surface area contributed by atoms with Gasteiger partial charge in [0.25, 0.3) is 0 Å². The molecule has 5 nitrogen and oxygen atoms in total. The van der Waals surface area contributed by atoms with Gasteiger partial charge in [-0.2, -0.15) is 0 Å². The summed E-state index contributed by atoms with van der Waals surface area (Å²) in [4.78, 5) is 27.9. The fourth-order valence-corrected chi connectivity index (χ4v) is 3.64. The van der Waals surface area contributed by atoms with E-state index in [1.165, 1.54) is 22.5 Å². The average molecular weight is 330 g/mol. The van der Waals surface area contributed by atoms with E-state index in [9.17, 15) is 9.59 Å². The van der Waals surface area contributed by atoms with Gasteiger partial charge in [-0.05, 0) is 31.7 Å². The molecule has 1 heterocycles. The van der Waals surface area contributed by atoms with Gasteiger partial charge in [-0.3, -0.25) is 4.79 Å². The van der Waals surface area contributed by atoms with Crippen LogP contribution in [0.15, 0.2) is 24.3 Å². The van der Waals surface area contributed by atoms with Gasteiger partial charge >= 0.3 is 5.97 Å². The molecule has 1 saturated carbocycles. The molecule has 0 radical (unpaired) electrons. The molecule has 23 heavy (non-hydrogen) atoms. The van der Waals surface area contributed by atoms with Crippen LogP contribution in [0.2, 0.25) is 0 Å². The summed E-state index contributed by atoms with van der Waals surface area (Å²) < 4.78 is 0. The highest BCUT2D eigenvalue weighted by molar-refractivity contribution is 7.11. The maximum atomic E-state index is 12.2. The number of benzene rings is 1. The number of aromatic nitrogens is 1. The minimum atomic E-state index is -1.03. The molecular formula is C17H18N2O3S. The van der Waals surface area contributed by atoms with Gasteiger partial charge in [0, 0.05) is 10.8 Å². The Morgan fingerprint density at radius 2 is 2.17 bits per heavy atom. The number of carbonyl (C=O) groups is 2. The first-order valence-electron chi connectivity index (χ1n) is 7.49. The van der Waals surface area contributed by atoms with Crippen molar-refractivity contribution in [2.45, 2.75) is 32.7 Å². The van der Waals surface area contributed by atoms with E-state index >= 15 is 0 Å². The van der Waals surface area contributed by atoms with Gasteiger partial charge in [-0.15, -0.1) is 11.3 Å². The first-order valence-corrected chi connectivity index (χ1v) is 8.31. The van der Waals surface area contributed by atoms with E-state index < -0.39 is 5.97 Å². The molecule has 0 aliphatic heterocycles. The Kier molecular flexibility index (Phi) is 4.17. The zero-order chi connectivity index (χ0) is 16.6. The molecule has 1 aromatic heterocycles. The molecule has 6 heteroatoms. The van der Waals surface area contributed by atoms with Crippen molar-refractivity contribution in [2.75, 3.05) is 0 Å². The number of aromatic carboxylic acids is 1. The van der Waals surface area contributed by atoms with Crippen molar-refractivity contribution in [3.63, 3.8) is 0 Å². The number of amides is 1. The van der Waals surface area contributed by atoms with Crippen LogP contribution in [0.1, 0.15) is 43.8 Å². The highest BCUT2D eigenvalue weighted by Crippen LogP contribution is 2.47. The zero-order valence-corrected chi connectivity index (χ0v) is 13.8. The molecule has 1 aliphatic carbocycles. The lowest BCUT2D eigenvalue weighted by molar-refractivity contribution is -0.122. The molecule has 2 aromatic rings. The number of rotatable bonds is 5. The normalized spacial score (nSPS) is 19.4. The molecule has 0 spiro atoms. The van der Waals surface area contributed by atoms with Crippen molar-refractivity contribution in [3.8, 4) is 0 Å². The maximum Gasteiger partial charge on any atom is 0.355 e. The van der Waals surface area contributed by atoms with Gasteiger partial charge in [0.1, 0.15) is 5.01 Å². The van der Waals surface area contributed by atoms with Crippen molar-refractivity contribution in [1.82, 2.24) is 10.3 Å². The molecule has 120 valence electrons. The van der Waals surface area contributed by atoms with E-state index in [-0.39, 0.29) is 24.1 Å². The van der Waals surface area contributed by atoms with Gasteiger partial charge in [0.2, 0.25) is 5.91 Å². The highest BCUT2D eigenvalue weighted by atomic mass is 32.1. The molecule has 0 bridgehead atoms. The van der Waals surface area contributed by atoms with Crippen LogP contribution in [0, 0.1) is 19.8 Å². The summed E-state index contributed by atoms with van der Waals surface area (Å²) in [6.07, 6.45) is 0.868. The second kappa shape index (κ2) is 6.12. The number of thiazole rings is 1. The molecular weight excluding hydrogens is 312 g/mol. The van der Waals surface area contributed by atoms with E-state index in [1.807, 2.05) is 19.1 Å². The molecule has 2 atom stereocenters. The van der Waals surface area contributed by atoms with Crippen LogP contribution >= 0.6 is 11.3 Å². The maximum absolute atomic E-state index is 12.2. The summed E-state index contributed by atoms with van der Waals surface area (Å²) in [5.41, 5.74) is 2.49. The van der Waals surface area contributed by atoms with Crippen molar-refractivity contribution in [1.29, 1.82) is 0 Å². The minimum Gasteiger partial charge on any atom is -0.476 e. The largest absolute Gasteiger partial charge is 0.476 e. The Labute approximate surface area is 138 Å². The molecule has 1 amide bonds. The van der Waals surface area contributed by atoms with Gasteiger partial charge < -0.3 is 10.4 Å². The Morgan fingerprint density at radius 3 is 2.83 bits per heavy atom. The highest BCUT2D eigenvalue weighted by Gasteiger charge is 2.43. The van der Waals surface area contributed by atoms with Crippen molar-refractivity contribution >= 4 is 23.2 Å². The summed E-state index contributed by atoms with van der Waals surface area (Å²) in [6.45, 7) is 4.06. The third kappa shape index (κ3) is 3.42. The van der Waals surface area contributed by atoms with Gasteiger partial charge in [-0.25, -0.2) is 9.78 Å². The summed E-state index contributed by atoms with van der Waals surface area (Å²) >= 11 is 1.31. The summed E-state index contributed by atoms with van der Waals surface area (Å²) in [7, 11) is 0. The molecule has 2 N–H and O–H groups in total. The predicted octanol–water partition coefficient (Wildman–Crippen LogP) is 2.88. The van der Waals surface area contributed by atoms with E-state index in [2.05, 4.69) is 22.4 Å². The predicted molar refractivity (Wildman–Crippen MR) is 87.7 cm³/mol. The van der Waals surface area contributed by atoms with Crippen LogP contribution in [0.25, 0.3) is 0 Å². The van der Waals surface area contributed by atoms with E-state index in [0.29, 0.717) is 15.8 Å². The number of carbonyl (C=O) groups excluding carboxylic acids is 1. The molecule has 0 saturated heterocycles. The lowest BCUT2D eigenvalue weighted by atomic mass is 10.1. The lowest BCUT2D eigenvalue weighted by Crippen LogP contribution is -2.24. The SMILES string of the molecule is Cc1cccc([C@@H]2C[C@H]2C(=O)NCc2nc(C(=O)O)c(C)s2)c1. The number of hydrogen-bond acceptors (Lipinski definition) is 4. The van der Waals surface area contributed by atoms with Gasteiger partial charge in [0.05, 0.1) is 6.54 Å². The fourth-order valence-electron chi connectivity index (χ4n) is 2.77. The van der Waals surface area contributed by atoms with Crippen LogP contribution < -0.4 is 5.32 Å². The molecule has 3 rings (SSSR count). The minimum absolute atomic E-state index is 0.0109. The number of carboxylic acids is 1. The first kappa shape index (κ1) is 15.7. The van der Waals surface area contributed by atoms with Crippen LogP contribution in [-0.2, 0) is 11.3 Å². The summed E-state index contributed by atoms with van der Waals surface area (Å²) in [6, 6.07) is 8.26. The topological polar surface area (TPSA) is 79.3 Å². The first-order chi connectivity index (χ1) is 11.0. The van der Waals surface area contributed by atoms with Crippen molar-refractivity contribution in [2.24, 2.45) is 5.92 Å². The number of nitrogens with zero attached hydrogens (tertiary/aromatic N) is 1. The molecule has 1 fully saturated rings. The zero-order valence-electron chi connectivity index (χ0n) is 13.0.